The molecule has 1 aliphatic rings. The molecular weight excluding hydrogens is 193 g/mol. The highest BCUT2D eigenvalue weighted by Crippen LogP contribution is 2.45. The number of aromatic nitrogens is 1. The molecule has 1 aliphatic heterocycles. The lowest BCUT2D eigenvalue weighted by molar-refractivity contribution is -0.0755. The predicted molar refractivity (Wildman–Crippen MR) is 56.4 cm³/mol. The van der Waals surface area contributed by atoms with Gasteiger partial charge in [0, 0.05) is 11.8 Å². The van der Waals surface area contributed by atoms with Gasteiger partial charge in [-0.25, -0.2) is 4.39 Å². The molecule has 0 fully saturated rings. The maximum absolute atomic E-state index is 12.8. The molecule has 2 atom stereocenters. The molecule has 0 saturated heterocycles. The molecule has 0 amide bonds. The van der Waals surface area contributed by atoms with Crippen LogP contribution in [-0.4, -0.2) is 11.7 Å². The highest BCUT2D eigenvalue weighted by molar-refractivity contribution is 5.38. The van der Waals surface area contributed by atoms with E-state index in [4.69, 9.17) is 4.74 Å². The number of ether oxygens (including phenoxy) is 1. The molecule has 2 unspecified atom stereocenters. The van der Waals surface area contributed by atoms with Gasteiger partial charge < -0.3 is 4.74 Å². The number of hydrogen-bond acceptors (Lipinski definition) is 2. The molecule has 0 radical (unpaired) electrons. The molecule has 0 aliphatic carbocycles. The van der Waals surface area contributed by atoms with E-state index >= 15 is 0 Å². The molecule has 0 aromatic carbocycles. The lowest BCUT2D eigenvalue weighted by Gasteiger charge is -2.24. The van der Waals surface area contributed by atoms with Crippen LogP contribution in [0.25, 0.3) is 0 Å². The largest absolute Gasteiger partial charge is 0.358 e. The van der Waals surface area contributed by atoms with Crippen LogP contribution in [-0.2, 0) is 10.3 Å². The minimum Gasteiger partial charge on any atom is -0.358 e. The standard InChI is InChI=1S/C12H16FNO/c1-4-12(3)10-8(2)5-6-14-11(10)9(7-13)15-12/h5-6,9H,4,7H2,1-3H3. The van der Waals surface area contributed by atoms with Gasteiger partial charge in [-0.15, -0.1) is 0 Å². The van der Waals surface area contributed by atoms with E-state index in [2.05, 4.69) is 11.9 Å². The Morgan fingerprint density at radius 1 is 1.60 bits per heavy atom. The second kappa shape index (κ2) is 3.56. The number of nitrogens with zero attached hydrogens (tertiary/aromatic N) is 1. The molecule has 1 aromatic rings. The van der Waals surface area contributed by atoms with Gasteiger partial charge in [0.25, 0.3) is 0 Å². The Hall–Kier alpha value is -0.960. The van der Waals surface area contributed by atoms with Crippen LogP contribution in [0.1, 0.15) is 43.2 Å². The molecule has 2 rings (SSSR count). The summed E-state index contributed by atoms with van der Waals surface area (Å²) >= 11 is 0. The maximum Gasteiger partial charge on any atom is 0.129 e. The van der Waals surface area contributed by atoms with Gasteiger partial charge in [-0.3, -0.25) is 4.98 Å². The summed E-state index contributed by atoms with van der Waals surface area (Å²) in [7, 11) is 0. The van der Waals surface area contributed by atoms with Crippen LogP contribution in [0, 0.1) is 6.92 Å². The van der Waals surface area contributed by atoms with Crippen LogP contribution in [0.3, 0.4) is 0 Å². The van der Waals surface area contributed by atoms with Crippen molar-refractivity contribution in [2.75, 3.05) is 6.67 Å². The monoisotopic (exact) mass is 209 g/mol. The number of alkyl halides is 1. The van der Waals surface area contributed by atoms with Gasteiger partial charge >= 0.3 is 0 Å². The molecule has 0 bridgehead atoms. The predicted octanol–water partition coefficient (Wildman–Crippen LogP) is 3.06. The molecule has 3 heteroatoms. The van der Waals surface area contributed by atoms with Gasteiger partial charge in [-0.1, -0.05) is 6.92 Å². The molecule has 0 N–H and O–H groups in total. The van der Waals surface area contributed by atoms with E-state index in [9.17, 15) is 4.39 Å². The highest BCUT2D eigenvalue weighted by Gasteiger charge is 2.42. The number of hydrogen-bond donors (Lipinski definition) is 0. The molecular formula is C12H16FNO. The average molecular weight is 209 g/mol. The summed E-state index contributed by atoms with van der Waals surface area (Å²) in [4.78, 5) is 4.25. The van der Waals surface area contributed by atoms with Crippen molar-refractivity contribution in [1.82, 2.24) is 4.98 Å². The third kappa shape index (κ3) is 1.46. The van der Waals surface area contributed by atoms with Crippen molar-refractivity contribution < 1.29 is 9.13 Å². The fraction of sp³-hybridized carbons (Fsp3) is 0.583. The lowest BCUT2D eigenvalue weighted by Crippen LogP contribution is -2.21. The first kappa shape index (κ1) is 10.6. The Balaban J connectivity index is 2.58. The van der Waals surface area contributed by atoms with Gasteiger partial charge in [-0.2, -0.15) is 0 Å². The van der Waals surface area contributed by atoms with Gasteiger partial charge in [0.15, 0.2) is 0 Å². The number of halogens is 1. The first-order chi connectivity index (χ1) is 7.12. The number of pyridine rings is 1. The zero-order valence-corrected chi connectivity index (χ0v) is 9.38. The molecule has 15 heavy (non-hydrogen) atoms. The first-order valence-electron chi connectivity index (χ1n) is 5.32. The Labute approximate surface area is 89.5 Å². The Kier molecular flexibility index (Phi) is 2.51. The number of aryl methyl sites for hydroxylation is 1. The molecule has 1 aromatic heterocycles. The minimum atomic E-state index is -0.501. The molecule has 0 spiro atoms. The zero-order chi connectivity index (χ0) is 11.1. The van der Waals surface area contributed by atoms with Crippen molar-refractivity contribution in [2.45, 2.75) is 38.9 Å². The van der Waals surface area contributed by atoms with Gasteiger partial charge in [0.2, 0.25) is 0 Å². The summed E-state index contributed by atoms with van der Waals surface area (Å²) in [5.74, 6) is 0. The Morgan fingerprint density at radius 2 is 2.33 bits per heavy atom. The van der Waals surface area contributed by atoms with E-state index in [1.165, 1.54) is 0 Å². The minimum absolute atomic E-state index is 0.371. The van der Waals surface area contributed by atoms with Crippen molar-refractivity contribution in [2.24, 2.45) is 0 Å². The zero-order valence-electron chi connectivity index (χ0n) is 9.38. The van der Waals surface area contributed by atoms with Crippen molar-refractivity contribution in [3.63, 3.8) is 0 Å². The van der Waals surface area contributed by atoms with Gasteiger partial charge in [-0.05, 0) is 31.9 Å². The van der Waals surface area contributed by atoms with Gasteiger partial charge in [0.05, 0.1) is 11.3 Å². The van der Waals surface area contributed by atoms with E-state index in [0.29, 0.717) is 0 Å². The van der Waals surface area contributed by atoms with E-state index in [1.54, 1.807) is 6.20 Å². The number of fused-ring (bicyclic) bond motifs is 1. The Bertz CT molecular complexity index is 380. The Morgan fingerprint density at radius 3 is 2.93 bits per heavy atom. The van der Waals surface area contributed by atoms with Crippen LogP contribution in [0.2, 0.25) is 0 Å². The van der Waals surface area contributed by atoms with Crippen LogP contribution in [0.15, 0.2) is 12.3 Å². The van der Waals surface area contributed by atoms with Crippen LogP contribution in [0.5, 0.6) is 0 Å². The molecule has 82 valence electrons. The number of rotatable bonds is 2. The van der Waals surface area contributed by atoms with E-state index in [1.807, 2.05) is 19.9 Å². The van der Waals surface area contributed by atoms with Crippen LogP contribution < -0.4 is 0 Å². The smallest absolute Gasteiger partial charge is 0.129 e. The second-order valence-electron chi connectivity index (χ2n) is 4.23. The maximum atomic E-state index is 12.8. The van der Waals surface area contributed by atoms with E-state index in [0.717, 1.165) is 23.2 Å². The fourth-order valence-electron chi connectivity index (χ4n) is 2.30. The van der Waals surface area contributed by atoms with Crippen LogP contribution >= 0.6 is 0 Å². The summed E-state index contributed by atoms with van der Waals surface area (Å²) in [6.45, 7) is 5.59. The molecule has 0 saturated carbocycles. The highest BCUT2D eigenvalue weighted by atomic mass is 19.1. The summed E-state index contributed by atoms with van der Waals surface area (Å²) in [5.41, 5.74) is 2.63. The SMILES string of the molecule is CCC1(C)OC(CF)c2nccc(C)c21. The lowest BCUT2D eigenvalue weighted by atomic mass is 9.90. The van der Waals surface area contributed by atoms with E-state index < -0.39 is 12.8 Å². The summed E-state index contributed by atoms with van der Waals surface area (Å²) in [6.07, 6.45) is 2.08. The third-order valence-corrected chi connectivity index (χ3v) is 3.24. The quantitative estimate of drug-likeness (QED) is 0.746. The van der Waals surface area contributed by atoms with Crippen molar-refractivity contribution in [3.8, 4) is 0 Å². The van der Waals surface area contributed by atoms with Crippen LogP contribution in [0.4, 0.5) is 4.39 Å². The topological polar surface area (TPSA) is 22.1 Å². The average Bonchev–Trinajstić information content (AvgIpc) is 2.54. The third-order valence-electron chi connectivity index (χ3n) is 3.24. The van der Waals surface area contributed by atoms with Crippen molar-refractivity contribution in [1.29, 1.82) is 0 Å². The first-order valence-corrected chi connectivity index (χ1v) is 5.32. The summed E-state index contributed by atoms with van der Waals surface area (Å²) in [6, 6.07) is 1.96. The second-order valence-corrected chi connectivity index (χ2v) is 4.23. The summed E-state index contributed by atoms with van der Waals surface area (Å²) < 4.78 is 18.6. The van der Waals surface area contributed by atoms with Crippen molar-refractivity contribution >= 4 is 0 Å². The summed E-state index contributed by atoms with van der Waals surface area (Å²) in [5, 5.41) is 0. The van der Waals surface area contributed by atoms with Crippen molar-refractivity contribution in [3.05, 3.63) is 29.1 Å². The normalized spacial score (nSPS) is 29.2. The van der Waals surface area contributed by atoms with Gasteiger partial charge in [0.1, 0.15) is 12.8 Å². The molecule has 2 nitrogen and oxygen atoms in total. The van der Waals surface area contributed by atoms with E-state index in [-0.39, 0.29) is 5.60 Å². The fourth-order valence-corrected chi connectivity index (χ4v) is 2.30. The molecule has 2 heterocycles.